The van der Waals surface area contributed by atoms with E-state index >= 15 is 0 Å². The Hall–Kier alpha value is -2.78. The molecule has 0 saturated carbocycles. The molecule has 0 spiro atoms. The maximum Gasteiger partial charge on any atom is 0.263 e. The lowest BCUT2D eigenvalue weighted by atomic mass is 10.1. The third-order valence-electron chi connectivity index (χ3n) is 4.43. The molecule has 0 aliphatic heterocycles. The molecule has 1 aromatic heterocycles. The van der Waals surface area contributed by atoms with E-state index in [0.29, 0.717) is 5.01 Å². The van der Waals surface area contributed by atoms with Gasteiger partial charge in [-0.3, -0.25) is 9.52 Å². The second-order valence-electron chi connectivity index (χ2n) is 6.77. The molecule has 0 unspecified atom stereocenters. The predicted molar refractivity (Wildman–Crippen MR) is 114 cm³/mol. The van der Waals surface area contributed by atoms with E-state index in [-0.39, 0.29) is 28.4 Å². The zero-order chi connectivity index (χ0) is 21.0. The Morgan fingerprint density at radius 3 is 2.28 bits per heavy atom. The first-order valence-electron chi connectivity index (χ1n) is 9.02. The van der Waals surface area contributed by atoms with Crippen LogP contribution in [-0.2, 0) is 21.2 Å². The van der Waals surface area contributed by atoms with E-state index in [1.165, 1.54) is 0 Å². The topological polar surface area (TPSA) is 92.3 Å². The summed E-state index contributed by atoms with van der Waals surface area (Å²) < 4.78 is 27.7. The van der Waals surface area contributed by atoms with E-state index in [4.69, 9.17) is 0 Å². The molecule has 0 radical (unpaired) electrons. The van der Waals surface area contributed by atoms with Crippen molar-refractivity contribution in [2.24, 2.45) is 0 Å². The summed E-state index contributed by atoms with van der Waals surface area (Å²) in [7, 11) is -2.08. The maximum absolute atomic E-state index is 12.6. The van der Waals surface area contributed by atoms with E-state index in [1.807, 2.05) is 44.2 Å². The number of anilines is 1. The van der Waals surface area contributed by atoms with Crippen LogP contribution in [0, 0.1) is 0 Å². The van der Waals surface area contributed by atoms with Gasteiger partial charge >= 0.3 is 0 Å². The Bertz CT molecular complexity index is 1080. The van der Waals surface area contributed by atoms with Gasteiger partial charge < -0.3 is 4.90 Å². The van der Waals surface area contributed by atoms with Gasteiger partial charge in [0.15, 0.2) is 0 Å². The fraction of sp³-hybridized carbons (Fsp3) is 0.250. The number of nitrogens with zero attached hydrogens (tertiary/aromatic N) is 3. The van der Waals surface area contributed by atoms with Crippen LogP contribution < -0.4 is 4.72 Å². The van der Waals surface area contributed by atoms with Gasteiger partial charge in [-0.25, -0.2) is 8.42 Å². The zero-order valence-corrected chi connectivity index (χ0v) is 18.0. The van der Waals surface area contributed by atoms with E-state index in [0.717, 1.165) is 22.5 Å². The maximum atomic E-state index is 12.6. The number of benzene rings is 2. The number of hydrogen-bond donors (Lipinski definition) is 1. The van der Waals surface area contributed by atoms with Gasteiger partial charge in [-0.2, -0.15) is 0 Å². The minimum atomic E-state index is -3.79. The second kappa shape index (κ2) is 8.71. The molecule has 0 atom stereocenters. The second-order valence-corrected chi connectivity index (χ2v) is 9.52. The van der Waals surface area contributed by atoms with Crippen LogP contribution in [0.4, 0.5) is 5.13 Å². The first-order valence-corrected chi connectivity index (χ1v) is 11.3. The highest BCUT2D eigenvalue weighted by Gasteiger charge is 2.19. The van der Waals surface area contributed by atoms with Crippen molar-refractivity contribution in [1.29, 1.82) is 0 Å². The summed E-state index contributed by atoms with van der Waals surface area (Å²) in [6, 6.07) is 16.4. The molecule has 9 heteroatoms. The molecule has 1 amide bonds. The highest BCUT2D eigenvalue weighted by molar-refractivity contribution is 7.93. The Kier molecular flexibility index (Phi) is 6.29. The minimum absolute atomic E-state index is 0.0762. The molecule has 0 aliphatic carbocycles. The van der Waals surface area contributed by atoms with Crippen molar-refractivity contribution >= 4 is 32.4 Å². The third kappa shape index (κ3) is 5.18. The number of nitrogens with one attached hydrogen (secondary N) is 1. The number of sulfonamides is 1. The first-order chi connectivity index (χ1) is 13.8. The Morgan fingerprint density at radius 2 is 1.66 bits per heavy atom. The summed E-state index contributed by atoms with van der Waals surface area (Å²) in [4.78, 5) is 13.9. The molecule has 3 rings (SSSR count). The van der Waals surface area contributed by atoms with Crippen molar-refractivity contribution < 1.29 is 13.2 Å². The average Bonchev–Trinajstić information content (AvgIpc) is 3.14. The minimum Gasteiger partial charge on any atom is -0.343 e. The third-order valence-corrected chi connectivity index (χ3v) is 6.75. The van der Waals surface area contributed by atoms with Crippen LogP contribution >= 0.6 is 11.3 Å². The first kappa shape index (κ1) is 20.9. The highest BCUT2D eigenvalue weighted by Crippen LogP contribution is 2.24. The molecule has 1 heterocycles. The van der Waals surface area contributed by atoms with Crippen molar-refractivity contribution in [2.45, 2.75) is 31.2 Å². The van der Waals surface area contributed by atoms with Crippen molar-refractivity contribution in [1.82, 2.24) is 15.1 Å². The van der Waals surface area contributed by atoms with Crippen LogP contribution in [0.15, 0.2) is 59.5 Å². The lowest BCUT2D eigenvalue weighted by Gasteiger charge is -2.20. The molecule has 29 heavy (non-hydrogen) atoms. The smallest absolute Gasteiger partial charge is 0.263 e. The lowest BCUT2D eigenvalue weighted by molar-refractivity contribution is -0.130. The molecule has 1 N–H and O–H groups in total. The van der Waals surface area contributed by atoms with Crippen molar-refractivity contribution in [3.8, 4) is 11.1 Å². The van der Waals surface area contributed by atoms with Crippen molar-refractivity contribution in [3.05, 3.63) is 59.6 Å². The van der Waals surface area contributed by atoms with Gasteiger partial charge in [0.25, 0.3) is 10.0 Å². The normalized spacial score (nSPS) is 11.4. The Labute approximate surface area is 174 Å². The van der Waals surface area contributed by atoms with Crippen LogP contribution in [0.25, 0.3) is 11.1 Å². The molecule has 0 saturated heterocycles. The number of hydrogen-bond acceptors (Lipinski definition) is 6. The van der Waals surface area contributed by atoms with Gasteiger partial charge in [0.05, 0.1) is 11.3 Å². The lowest BCUT2D eigenvalue weighted by Crippen LogP contribution is -2.34. The predicted octanol–water partition coefficient (Wildman–Crippen LogP) is 3.42. The molecule has 7 nitrogen and oxygen atoms in total. The molecule has 152 valence electrons. The van der Waals surface area contributed by atoms with E-state index in [2.05, 4.69) is 14.9 Å². The quantitative estimate of drug-likeness (QED) is 0.620. The van der Waals surface area contributed by atoms with Crippen LogP contribution in [0.5, 0.6) is 0 Å². The molecule has 3 aromatic rings. The van der Waals surface area contributed by atoms with E-state index < -0.39 is 10.0 Å². The largest absolute Gasteiger partial charge is 0.343 e. The van der Waals surface area contributed by atoms with Gasteiger partial charge in [0, 0.05) is 13.1 Å². The summed E-state index contributed by atoms with van der Waals surface area (Å²) in [5.41, 5.74) is 1.93. The van der Waals surface area contributed by atoms with Crippen LogP contribution in [0.3, 0.4) is 0 Å². The molecular weight excluding hydrogens is 408 g/mol. The van der Waals surface area contributed by atoms with Gasteiger partial charge in [0.2, 0.25) is 11.0 Å². The fourth-order valence-corrected chi connectivity index (χ4v) is 4.50. The molecule has 0 fully saturated rings. The summed E-state index contributed by atoms with van der Waals surface area (Å²) in [6.45, 7) is 3.83. The average molecular weight is 431 g/mol. The summed E-state index contributed by atoms with van der Waals surface area (Å²) in [6.07, 6.45) is 0.0832. The van der Waals surface area contributed by atoms with Crippen LogP contribution in [0.2, 0.25) is 0 Å². The number of carbonyl (C=O) groups is 1. The summed E-state index contributed by atoms with van der Waals surface area (Å²) >= 11 is 1.05. The zero-order valence-electron chi connectivity index (χ0n) is 16.4. The monoisotopic (exact) mass is 430 g/mol. The van der Waals surface area contributed by atoms with Gasteiger partial charge in [-0.15, -0.1) is 10.2 Å². The molecule has 2 aromatic carbocycles. The SMILES string of the molecule is CC(C)N(C)C(=O)Cc1nnc(NS(=O)(=O)c2ccc(-c3ccccc3)cc2)s1. The number of amides is 1. The summed E-state index contributed by atoms with van der Waals surface area (Å²) in [5.74, 6) is -0.0953. The van der Waals surface area contributed by atoms with Crippen LogP contribution in [-0.4, -0.2) is 42.5 Å². The summed E-state index contributed by atoms with van der Waals surface area (Å²) in [5, 5.41) is 8.37. The Balaban J connectivity index is 1.70. The number of likely N-dealkylation sites (N-methyl/N-ethyl adjacent to an activating group) is 1. The molecular formula is C20H22N4O3S2. The standard InChI is InChI=1S/C20H22N4O3S2/c1-14(2)24(3)19(25)13-18-21-22-20(28-18)23-29(26,27)17-11-9-16(10-12-17)15-7-5-4-6-8-15/h4-12,14H,13H2,1-3H3,(H,22,23). The van der Waals surface area contributed by atoms with Gasteiger partial charge in [-0.1, -0.05) is 53.8 Å². The van der Waals surface area contributed by atoms with Gasteiger partial charge in [-0.05, 0) is 37.1 Å². The molecule has 0 aliphatic rings. The van der Waals surface area contributed by atoms with Crippen LogP contribution in [0.1, 0.15) is 18.9 Å². The van der Waals surface area contributed by atoms with E-state index in [9.17, 15) is 13.2 Å². The van der Waals surface area contributed by atoms with Crippen molar-refractivity contribution in [2.75, 3.05) is 11.8 Å². The number of rotatable bonds is 7. The van der Waals surface area contributed by atoms with Gasteiger partial charge in [0.1, 0.15) is 5.01 Å². The van der Waals surface area contributed by atoms with E-state index in [1.54, 1.807) is 36.2 Å². The highest BCUT2D eigenvalue weighted by atomic mass is 32.2. The number of aromatic nitrogens is 2. The van der Waals surface area contributed by atoms with Crippen molar-refractivity contribution in [3.63, 3.8) is 0 Å². The number of carbonyl (C=O) groups excluding carboxylic acids is 1. The Morgan fingerprint density at radius 1 is 1.03 bits per heavy atom. The molecule has 0 bridgehead atoms. The fourth-order valence-electron chi connectivity index (χ4n) is 2.54.